The Morgan fingerprint density at radius 2 is 1.68 bits per heavy atom. The summed E-state index contributed by atoms with van der Waals surface area (Å²) in [6, 6.07) is 28.4. The first-order chi connectivity index (χ1) is 19.6. The number of aromatic nitrogens is 1. The van der Waals surface area contributed by atoms with E-state index >= 15 is 0 Å². The van der Waals surface area contributed by atoms with Gasteiger partial charge < -0.3 is 4.90 Å². The molecule has 6 nitrogen and oxygen atoms in total. The molecule has 1 amide bonds. The van der Waals surface area contributed by atoms with Gasteiger partial charge in [-0.2, -0.15) is 0 Å². The van der Waals surface area contributed by atoms with Crippen molar-refractivity contribution < 1.29 is 4.79 Å². The molecule has 3 aliphatic rings. The number of pyridine rings is 1. The van der Waals surface area contributed by atoms with Crippen LogP contribution in [0, 0.1) is 0 Å². The van der Waals surface area contributed by atoms with E-state index < -0.39 is 0 Å². The smallest absolute Gasteiger partial charge is 0.248 e. The fraction of sp³-hybridized carbons (Fsp3) is 0.219. The summed E-state index contributed by atoms with van der Waals surface area (Å²) in [5, 5.41) is 1.44. The molecule has 3 aliphatic heterocycles. The second kappa shape index (κ2) is 10.7. The van der Waals surface area contributed by atoms with Crippen molar-refractivity contribution >= 4 is 62.8 Å². The van der Waals surface area contributed by atoms with Crippen LogP contribution in [0.5, 0.6) is 0 Å². The zero-order chi connectivity index (χ0) is 27.1. The van der Waals surface area contributed by atoms with Gasteiger partial charge in [0.05, 0.1) is 29.3 Å². The van der Waals surface area contributed by atoms with Crippen molar-refractivity contribution in [2.75, 3.05) is 36.0 Å². The van der Waals surface area contributed by atoms with E-state index in [-0.39, 0.29) is 17.2 Å². The van der Waals surface area contributed by atoms with Gasteiger partial charge in [0.25, 0.3) is 0 Å². The monoisotopic (exact) mass is 565 g/mol. The number of piperazine rings is 1. The lowest BCUT2D eigenvalue weighted by Gasteiger charge is -2.36. The SMILES string of the molecule is O=C1C2SC(c3ccc(Cl)cc3)=CC2N=CN1c1ccc2nc(CN3CCN(c4ccccc4)CC3)ccc2c1. The predicted octanol–water partition coefficient (Wildman–Crippen LogP) is 6.11. The molecule has 2 atom stereocenters. The first kappa shape index (κ1) is 25.3. The van der Waals surface area contributed by atoms with Crippen LogP contribution >= 0.6 is 23.4 Å². The fourth-order valence-electron chi connectivity index (χ4n) is 5.54. The number of fused-ring (bicyclic) bond motifs is 2. The number of rotatable bonds is 5. The minimum Gasteiger partial charge on any atom is -0.369 e. The first-order valence-electron chi connectivity index (χ1n) is 13.5. The molecule has 0 bridgehead atoms. The molecule has 7 rings (SSSR count). The zero-order valence-corrected chi connectivity index (χ0v) is 23.4. The van der Waals surface area contributed by atoms with Crippen LogP contribution in [-0.4, -0.2) is 59.6 Å². The number of nitrogens with zero attached hydrogens (tertiary/aromatic N) is 5. The van der Waals surface area contributed by atoms with Crippen LogP contribution in [0.25, 0.3) is 15.8 Å². The number of hydrogen-bond donors (Lipinski definition) is 0. The number of anilines is 2. The number of benzene rings is 3. The van der Waals surface area contributed by atoms with E-state index in [1.165, 1.54) is 5.69 Å². The van der Waals surface area contributed by atoms with Crippen LogP contribution in [-0.2, 0) is 11.3 Å². The van der Waals surface area contributed by atoms with Crippen LogP contribution in [0.3, 0.4) is 0 Å². The summed E-state index contributed by atoms with van der Waals surface area (Å²) in [6.45, 7) is 4.89. The van der Waals surface area contributed by atoms with Gasteiger partial charge in [-0.1, -0.05) is 48.0 Å². The first-order valence-corrected chi connectivity index (χ1v) is 14.8. The number of para-hydroxylation sites is 1. The van der Waals surface area contributed by atoms with Gasteiger partial charge in [0.15, 0.2) is 0 Å². The molecule has 1 aromatic heterocycles. The normalized spacial score (nSPS) is 21.1. The third-order valence-electron chi connectivity index (χ3n) is 7.74. The van der Waals surface area contributed by atoms with Gasteiger partial charge in [0, 0.05) is 53.7 Å². The number of amides is 1. The second-order valence-electron chi connectivity index (χ2n) is 10.3. The minimum atomic E-state index is -0.269. The highest BCUT2D eigenvalue weighted by atomic mass is 35.5. The fourth-order valence-corrected chi connectivity index (χ4v) is 6.93. The van der Waals surface area contributed by atoms with Crippen molar-refractivity contribution in [3.63, 3.8) is 0 Å². The van der Waals surface area contributed by atoms with E-state index in [4.69, 9.17) is 21.6 Å². The van der Waals surface area contributed by atoms with Crippen molar-refractivity contribution in [1.82, 2.24) is 9.88 Å². The predicted molar refractivity (Wildman–Crippen MR) is 166 cm³/mol. The van der Waals surface area contributed by atoms with E-state index in [9.17, 15) is 4.79 Å². The Hall–Kier alpha value is -3.65. The topological polar surface area (TPSA) is 52.0 Å². The number of halogens is 1. The number of carbonyl (C=O) groups excluding carboxylic acids is 1. The van der Waals surface area contributed by atoms with E-state index in [0.717, 1.165) is 65.5 Å². The van der Waals surface area contributed by atoms with Crippen molar-refractivity contribution in [1.29, 1.82) is 0 Å². The Bertz CT molecular complexity index is 1620. The maximum Gasteiger partial charge on any atom is 0.248 e. The quantitative estimate of drug-likeness (QED) is 0.292. The average molecular weight is 566 g/mol. The summed E-state index contributed by atoms with van der Waals surface area (Å²) in [5.41, 5.74) is 5.16. The van der Waals surface area contributed by atoms with Crippen molar-refractivity contribution in [2.45, 2.75) is 17.8 Å². The van der Waals surface area contributed by atoms with Gasteiger partial charge in [-0.25, -0.2) is 0 Å². The van der Waals surface area contributed by atoms with Gasteiger partial charge >= 0.3 is 0 Å². The molecule has 0 saturated carbocycles. The van der Waals surface area contributed by atoms with Crippen LogP contribution in [0.15, 0.2) is 96.0 Å². The Balaban J connectivity index is 1.01. The maximum absolute atomic E-state index is 13.5. The summed E-state index contributed by atoms with van der Waals surface area (Å²) >= 11 is 7.62. The average Bonchev–Trinajstić information content (AvgIpc) is 3.44. The molecular formula is C32H28ClN5OS. The molecule has 4 heterocycles. The Labute approximate surface area is 243 Å². The van der Waals surface area contributed by atoms with Gasteiger partial charge in [-0.15, -0.1) is 11.8 Å². The molecule has 4 aromatic rings. The van der Waals surface area contributed by atoms with Crippen LogP contribution in [0.2, 0.25) is 5.02 Å². The summed E-state index contributed by atoms with van der Waals surface area (Å²) in [6.07, 6.45) is 3.75. The molecule has 200 valence electrons. The molecule has 8 heteroatoms. The molecule has 1 saturated heterocycles. The van der Waals surface area contributed by atoms with Crippen molar-refractivity contribution in [2.24, 2.45) is 4.99 Å². The lowest BCUT2D eigenvalue weighted by molar-refractivity contribution is -0.117. The Kier molecular flexibility index (Phi) is 6.79. The summed E-state index contributed by atoms with van der Waals surface area (Å²) in [7, 11) is 0. The standard InChI is InChI=1S/C32H28ClN5OS/c33-24-9-6-22(7-10-24)30-19-29-31(40-30)32(39)38(21-34-29)27-12-13-28-23(18-27)8-11-25(35-28)20-36-14-16-37(17-15-36)26-4-2-1-3-5-26/h1-13,18-19,21,29,31H,14-17,20H2. The van der Waals surface area contributed by atoms with E-state index in [0.29, 0.717) is 5.02 Å². The van der Waals surface area contributed by atoms with Crippen molar-refractivity contribution in [3.8, 4) is 0 Å². The maximum atomic E-state index is 13.5. The number of aliphatic imine (C=N–C) groups is 1. The highest BCUT2D eigenvalue weighted by Crippen LogP contribution is 2.43. The van der Waals surface area contributed by atoms with Crippen molar-refractivity contribution in [3.05, 3.63) is 107 Å². The number of hydrogen-bond acceptors (Lipinski definition) is 6. The van der Waals surface area contributed by atoms with E-state index in [2.05, 4.69) is 58.3 Å². The number of carbonyl (C=O) groups is 1. The summed E-state index contributed by atoms with van der Waals surface area (Å²) in [4.78, 5) is 30.8. The molecule has 0 N–H and O–H groups in total. The lowest BCUT2D eigenvalue weighted by atomic mass is 10.1. The summed E-state index contributed by atoms with van der Waals surface area (Å²) < 4.78 is 0. The Morgan fingerprint density at radius 3 is 2.48 bits per heavy atom. The zero-order valence-electron chi connectivity index (χ0n) is 21.9. The van der Waals surface area contributed by atoms with Crippen LogP contribution in [0.1, 0.15) is 11.3 Å². The largest absolute Gasteiger partial charge is 0.369 e. The second-order valence-corrected chi connectivity index (χ2v) is 11.9. The molecule has 0 aliphatic carbocycles. The van der Waals surface area contributed by atoms with E-state index in [1.807, 2.05) is 42.5 Å². The Morgan fingerprint density at radius 1 is 0.875 bits per heavy atom. The molecular weight excluding hydrogens is 538 g/mol. The molecule has 2 unspecified atom stereocenters. The third kappa shape index (κ3) is 5.01. The molecule has 3 aromatic carbocycles. The molecule has 0 radical (unpaired) electrons. The van der Waals surface area contributed by atoms with Gasteiger partial charge in [-0.3, -0.25) is 24.6 Å². The van der Waals surface area contributed by atoms with Gasteiger partial charge in [0.2, 0.25) is 5.91 Å². The van der Waals surface area contributed by atoms with Gasteiger partial charge in [-0.05, 0) is 60.2 Å². The van der Waals surface area contributed by atoms with Crippen LogP contribution < -0.4 is 9.80 Å². The van der Waals surface area contributed by atoms with E-state index in [1.54, 1.807) is 23.0 Å². The number of thioether (sulfide) groups is 1. The van der Waals surface area contributed by atoms with Crippen LogP contribution in [0.4, 0.5) is 11.4 Å². The summed E-state index contributed by atoms with van der Waals surface area (Å²) in [5.74, 6) is 0.0452. The molecule has 1 fully saturated rings. The highest BCUT2D eigenvalue weighted by Gasteiger charge is 2.40. The minimum absolute atomic E-state index is 0.0452. The highest BCUT2D eigenvalue weighted by molar-refractivity contribution is 8.09. The lowest BCUT2D eigenvalue weighted by Crippen LogP contribution is -2.46. The third-order valence-corrected chi connectivity index (χ3v) is 9.35. The molecule has 0 spiro atoms. The molecule has 40 heavy (non-hydrogen) atoms. The van der Waals surface area contributed by atoms with Gasteiger partial charge in [0.1, 0.15) is 5.25 Å².